The van der Waals surface area contributed by atoms with E-state index in [1.54, 1.807) is 18.2 Å². The molecule has 0 spiro atoms. The van der Waals surface area contributed by atoms with Crippen LogP contribution in [0.2, 0.25) is 0 Å². The first kappa shape index (κ1) is 15.9. The van der Waals surface area contributed by atoms with E-state index in [-0.39, 0.29) is 4.90 Å². The van der Waals surface area contributed by atoms with Crippen LogP contribution < -0.4 is 0 Å². The molecule has 84 valence electrons. The van der Waals surface area contributed by atoms with Crippen molar-refractivity contribution in [3.8, 4) is 0 Å². The predicted molar refractivity (Wildman–Crippen MR) is 61.0 cm³/mol. The molecule has 1 aromatic carbocycles. The van der Waals surface area contributed by atoms with Gasteiger partial charge in [-0.2, -0.15) is 0 Å². The van der Waals surface area contributed by atoms with E-state index >= 15 is 0 Å². The van der Waals surface area contributed by atoms with Crippen LogP contribution in [-0.4, -0.2) is 13.7 Å². The molecule has 0 saturated carbocycles. The molecule has 0 aromatic heterocycles. The molecule has 0 atom stereocenters. The minimum atomic E-state index is -3.75. The largest absolute Gasteiger partial charge is 0.769 e. The Bertz CT molecular complexity index is 206. The highest BCUT2D eigenvalue weighted by Gasteiger charge is 2.01. The lowest BCUT2D eigenvalue weighted by Gasteiger charge is -2.33. The van der Waals surface area contributed by atoms with E-state index in [2.05, 4.69) is 0 Å². The summed E-state index contributed by atoms with van der Waals surface area (Å²) in [5, 5.41) is 0. The second-order valence-corrected chi connectivity index (χ2v) is 3.27. The Morgan fingerprint density at radius 2 is 1.29 bits per heavy atom. The number of hydrogen-bond acceptors (Lipinski definition) is 3. The van der Waals surface area contributed by atoms with E-state index < -0.39 is 10.9 Å². The van der Waals surface area contributed by atoms with Crippen molar-refractivity contribution in [3.63, 3.8) is 0 Å². The van der Waals surface area contributed by atoms with Gasteiger partial charge in [-0.05, 0) is 12.1 Å². The van der Waals surface area contributed by atoms with Crippen molar-refractivity contribution in [1.82, 2.24) is 0 Å². The zero-order chi connectivity index (χ0) is 11.6. The molecule has 1 rings (SSSR count). The highest BCUT2D eigenvalue weighted by molar-refractivity contribution is 8.19. The van der Waals surface area contributed by atoms with Crippen molar-refractivity contribution in [1.29, 1.82) is 0 Å². The minimum Gasteiger partial charge on any atom is -0.769 e. The Kier molecular flexibility index (Phi) is 10.2. The van der Waals surface area contributed by atoms with E-state index in [1.807, 2.05) is 27.7 Å². The van der Waals surface area contributed by atoms with E-state index in [1.165, 1.54) is 12.1 Å². The average molecular weight is 219 g/mol. The van der Waals surface area contributed by atoms with Crippen LogP contribution in [0.15, 0.2) is 35.2 Å². The van der Waals surface area contributed by atoms with Gasteiger partial charge in [0.25, 0.3) is 0 Å². The Morgan fingerprint density at radius 1 is 0.929 bits per heavy atom. The second kappa shape index (κ2) is 9.02. The van der Waals surface area contributed by atoms with Gasteiger partial charge in [0, 0.05) is 4.90 Å². The second-order valence-electron chi connectivity index (χ2n) is 1.81. The minimum absolute atomic E-state index is 0.0370. The Labute approximate surface area is 88.0 Å². The lowest BCUT2D eigenvalue weighted by Crippen LogP contribution is -1.94. The molecule has 0 aliphatic carbocycles. The Hall–Kier alpha value is -0.550. The van der Waals surface area contributed by atoms with Crippen molar-refractivity contribution in [2.24, 2.45) is 0 Å². The molecule has 0 saturated heterocycles. The van der Waals surface area contributed by atoms with Crippen LogP contribution in [0.4, 0.5) is 0 Å². The van der Waals surface area contributed by atoms with Crippen LogP contribution in [0.1, 0.15) is 27.7 Å². The van der Waals surface area contributed by atoms with Crippen molar-refractivity contribution >= 4 is 10.9 Å². The summed E-state index contributed by atoms with van der Waals surface area (Å²) in [6, 6.07) is 7.65. The Morgan fingerprint density at radius 3 is 1.50 bits per heavy atom. The molecule has 4 heteroatoms. The van der Waals surface area contributed by atoms with Gasteiger partial charge in [-0.1, -0.05) is 56.8 Å². The van der Waals surface area contributed by atoms with Crippen molar-refractivity contribution < 1.29 is 13.7 Å². The van der Waals surface area contributed by atoms with Gasteiger partial charge in [-0.25, -0.2) is 0 Å². The van der Waals surface area contributed by atoms with Gasteiger partial charge in [-0.15, -0.1) is 0 Å². The predicted octanol–water partition coefficient (Wildman–Crippen LogP) is 3.98. The lowest BCUT2D eigenvalue weighted by molar-refractivity contribution is 0.361. The average Bonchev–Trinajstić information content (AvgIpc) is 2.24. The van der Waals surface area contributed by atoms with Crippen LogP contribution in [0.5, 0.6) is 0 Å². The summed E-state index contributed by atoms with van der Waals surface area (Å²) in [5.41, 5.74) is 0. The van der Waals surface area contributed by atoms with Crippen LogP contribution in [-0.2, 0) is 0 Å². The number of rotatable bonds is 1. The summed E-state index contributed by atoms with van der Waals surface area (Å²) in [4.78, 5) is 0.0370. The fraction of sp³-hybridized carbons (Fsp3) is 0.400. The molecular weight excluding hydrogens is 200 g/mol. The van der Waals surface area contributed by atoms with Crippen LogP contribution in [0.3, 0.4) is 0 Å². The van der Waals surface area contributed by atoms with Crippen molar-refractivity contribution in [3.05, 3.63) is 30.3 Å². The van der Waals surface area contributed by atoms with E-state index in [0.29, 0.717) is 0 Å². The molecular formula is C10H19O3S-. The topological polar surface area (TPSA) is 63.5 Å². The molecule has 0 amide bonds. The molecule has 0 radical (unpaired) electrons. The highest BCUT2D eigenvalue weighted by Crippen LogP contribution is 2.42. The van der Waals surface area contributed by atoms with E-state index in [4.69, 9.17) is 9.11 Å². The van der Waals surface area contributed by atoms with Gasteiger partial charge in [0.1, 0.15) is 0 Å². The van der Waals surface area contributed by atoms with Crippen molar-refractivity contribution in [2.75, 3.05) is 0 Å². The quantitative estimate of drug-likeness (QED) is 0.751. The van der Waals surface area contributed by atoms with E-state index in [9.17, 15) is 4.55 Å². The Balaban J connectivity index is 0. The molecule has 14 heavy (non-hydrogen) atoms. The molecule has 3 nitrogen and oxygen atoms in total. The zero-order valence-electron chi connectivity index (χ0n) is 9.10. The third-order valence-corrected chi connectivity index (χ3v) is 1.94. The fourth-order valence-electron chi connectivity index (χ4n) is 0.598. The molecule has 0 unspecified atom stereocenters. The first-order valence-electron chi connectivity index (χ1n) is 4.65. The van der Waals surface area contributed by atoms with Gasteiger partial charge in [0.05, 0.1) is 0 Å². The van der Waals surface area contributed by atoms with Gasteiger partial charge >= 0.3 is 0 Å². The summed E-state index contributed by atoms with van der Waals surface area (Å²) >= 11 is 0. The van der Waals surface area contributed by atoms with Gasteiger partial charge in [0.15, 0.2) is 0 Å². The maximum Gasteiger partial charge on any atom is 0.0235 e. The molecule has 2 N–H and O–H groups in total. The first-order valence-corrected chi connectivity index (χ1v) is 6.12. The number of benzene rings is 1. The number of hydrogen-bond donors (Lipinski definition) is 2. The monoisotopic (exact) mass is 219 g/mol. The highest BCUT2D eigenvalue weighted by atomic mass is 32.3. The smallest absolute Gasteiger partial charge is 0.0235 e. The van der Waals surface area contributed by atoms with Gasteiger partial charge in [0.2, 0.25) is 0 Å². The van der Waals surface area contributed by atoms with Crippen LogP contribution >= 0.6 is 10.9 Å². The van der Waals surface area contributed by atoms with Gasteiger partial charge < -0.3 is 13.7 Å². The summed E-state index contributed by atoms with van der Waals surface area (Å²) in [7, 11) is -3.75. The van der Waals surface area contributed by atoms with Crippen LogP contribution in [0, 0.1) is 0 Å². The molecule has 0 aliphatic rings. The SMILES string of the molecule is CC.CC.[O-]S(O)(O)c1ccccc1. The summed E-state index contributed by atoms with van der Waals surface area (Å²) < 4.78 is 27.6. The maximum atomic E-state index is 10.5. The normalized spacial score (nSPS) is 10.2. The fourth-order valence-corrected chi connectivity index (χ4v) is 1.11. The summed E-state index contributed by atoms with van der Waals surface area (Å²) in [5.74, 6) is 0. The van der Waals surface area contributed by atoms with Gasteiger partial charge in [-0.3, -0.25) is 0 Å². The maximum absolute atomic E-state index is 10.5. The summed E-state index contributed by atoms with van der Waals surface area (Å²) in [6.07, 6.45) is 0. The third kappa shape index (κ3) is 6.91. The summed E-state index contributed by atoms with van der Waals surface area (Å²) in [6.45, 7) is 8.00. The molecule has 0 aliphatic heterocycles. The molecule has 1 aromatic rings. The van der Waals surface area contributed by atoms with E-state index in [0.717, 1.165) is 0 Å². The zero-order valence-corrected chi connectivity index (χ0v) is 9.91. The first-order chi connectivity index (χ1) is 6.61. The lowest BCUT2D eigenvalue weighted by atomic mass is 10.4. The molecule has 0 bridgehead atoms. The standard InChI is InChI=1S/C6H8O3S.2C2H6/c7-10(8,9)6-4-2-1-3-5-6;2*1-2/h1-5,7-9H;2*1-2H3/p-1. The molecule has 0 heterocycles. The third-order valence-electron chi connectivity index (χ3n) is 1.05. The van der Waals surface area contributed by atoms with Crippen LogP contribution in [0.25, 0.3) is 0 Å². The molecule has 0 fully saturated rings. The van der Waals surface area contributed by atoms with Crippen molar-refractivity contribution in [2.45, 2.75) is 32.6 Å².